The Balaban J connectivity index is 2.46. The summed E-state index contributed by atoms with van der Waals surface area (Å²) in [5.74, 6) is 0.464. The number of hydrogen-bond donors (Lipinski definition) is 1. The molecular weight excluding hydrogens is 242 g/mol. The predicted octanol–water partition coefficient (Wildman–Crippen LogP) is 1.25. The number of halogens is 1. The Kier molecular flexibility index (Phi) is 5.69. The third-order valence-corrected chi connectivity index (χ3v) is 2.64. The van der Waals surface area contributed by atoms with Gasteiger partial charge in [0.1, 0.15) is 5.69 Å². The van der Waals surface area contributed by atoms with Crippen LogP contribution in [0.25, 0.3) is 0 Å². The molecule has 0 aliphatic heterocycles. The molecule has 0 unspecified atom stereocenters. The van der Waals surface area contributed by atoms with Crippen molar-refractivity contribution in [3.8, 4) is 0 Å². The Morgan fingerprint density at radius 2 is 2.18 bits per heavy atom. The first-order valence-electron chi connectivity index (χ1n) is 5.52. The lowest BCUT2D eigenvalue weighted by Gasteiger charge is -2.15. The van der Waals surface area contributed by atoms with Crippen molar-refractivity contribution in [2.24, 2.45) is 0 Å². The van der Waals surface area contributed by atoms with Crippen molar-refractivity contribution in [2.45, 2.75) is 19.3 Å². The number of aromatic amines is 1. The minimum absolute atomic E-state index is 0.188. The highest BCUT2D eigenvalue weighted by atomic mass is 35.5. The van der Waals surface area contributed by atoms with Gasteiger partial charge in [0.15, 0.2) is 0 Å². The van der Waals surface area contributed by atoms with Crippen LogP contribution in [0.3, 0.4) is 0 Å². The number of hydrogen-bond acceptors (Lipinski definition) is 3. The van der Waals surface area contributed by atoms with E-state index < -0.39 is 0 Å². The zero-order chi connectivity index (χ0) is 12.7. The van der Waals surface area contributed by atoms with E-state index in [0.717, 1.165) is 19.3 Å². The highest BCUT2D eigenvalue weighted by Gasteiger charge is 2.12. The Labute approximate surface area is 105 Å². The van der Waals surface area contributed by atoms with Gasteiger partial charge in [-0.15, -0.1) is 11.6 Å². The molecule has 6 heteroatoms. The van der Waals surface area contributed by atoms with Gasteiger partial charge >= 0.3 is 0 Å². The van der Waals surface area contributed by atoms with Crippen LogP contribution in [0.1, 0.15) is 29.8 Å². The quantitative estimate of drug-likeness (QED) is 0.616. The van der Waals surface area contributed by atoms with Crippen LogP contribution in [-0.4, -0.2) is 40.5 Å². The molecule has 0 saturated carbocycles. The third kappa shape index (κ3) is 4.56. The summed E-state index contributed by atoms with van der Waals surface area (Å²) < 4.78 is 0. The van der Waals surface area contributed by atoms with E-state index in [1.807, 2.05) is 0 Å². The van der Waals surface area contributed by atoms with Gasteiger partial charge in [-0.3, -0.25) is 9.59 Å². The number of H-pyrrole nitrogens is 1. The van der Waals surface area contributed by atoms with E-state index in [1.165, 1.54) is 12.1 Å². The normalized spacial score (nSPS) is 10.2. The van der Waals surface area contributed by atoms with Crippen LogP contribution in [-0.2, 0) is 0 Å². The molecule has 0 aromatic carbocycles. The number of nitrogens with one attached hydrogen (secondary N) is 1. The number of alkyl halides is 1. The molecule has 5 nitrogen and oxygen atoms in total. The van der Waals surface area contributed by atoms with Gasteiger partial charge in [-0.2, -0.15) is 5.10 Å². The maximum atomic E-state index is 11.8. The smallest absolute Gasteiger partial charge is 0.274 e. The summed E-state index contributed by atoms with van der Waals surface area (Å²) in [5, 5.41) is 5.94. The van der Waals surface area contributed by atoms with Crippen LogP contribution < -0.4 is 5.56 Å². The van der Waals surface area contributed by atoms with Gasteiger partial charge in [0, 0.05) is 25.5 Å². The molecule has 0 atom stereocenters. The van der Waals surface area contributed by atoms with Crippen LogP contribution in [0.15, 0.2) is 16.9 Å². The molecule has 1 rings (SSSR count). The Morgan fingerprint density at radius 3 is 2.76 bits per heavy atom. The maximum absolute atomic E-state index is 11.8. The van der Waals surface area contributed by atoms with Crippen LogP contribution >= 0.6 is 11.6 Å². The molecule has 1 aromatic heterocycles. The molecule has 0 bridgehead atoms. The zero-order valence-corrected chi connectivity index (χ0v) is 10.5. The Bertz CT molecular complexity index is 399. The molecule has 0 radical (unpaired) electrons. The van der Waals surface area contributed by atoms with Crippen molar-refractivity contribution in [1.82, 2.24) is 15.1 Å². The van der Waals surface area contributed by atoms with Crippen molar-refractivity contribution < 1.29 is 4.79 Å². The second-order valence-corrected chi connectivity index (χ2v) is 4.16. The van der Waals surface area contributed by atoms with Gasteiger partial charge in [0.2, 0.25) is 0 Å². The predicted molar refractivity (Wildman–Crippen MR) is 66.4 cm³/mol. The van der Waals surface area contributed by atoms with Crippen molar-refractivity contribution >= 4 is 17.5 Å². The number of carbonyl (C=O) groups is 1. The maximum Gasteiger partial charge on any atom is 0.274 e. The summed E-state index contributed by atoms with van der Waals surface area (Å²) in [7, 11) is 1.72. The Hall–Kier alpha value is -1.36. The summed E-state index contributed by atoms with van der Waals surface area (Å²) in [4.78, 5) is 24.2. The SMILES string of the molecule is CN(CCCCCCl)C(=O)c1ccc(=O)[nH]n1. The highest BCUT2D eigenvalue weighted by Crippen LogP contribution is 2.02. The van der Waals surface area contributed by atoms with E-state index in [-0.39, 0.29) is 17.2 Å². The second kappa shape index (κ2) is 7.06. The number of aromatic nitrogens is 2. The van der Waals surface area contributed by atoms with E-state index >= 15 is 0 Å². The molecular formula is C11H16ClN3O2. The fraction of sp³-hybridized carbons (Fsp3) is 0.545. The molecule has 0 aliphatic rings. The van der Waals surface area contributed by atoms with E-state index in [2.05, 4.69) is 10.2 Å². The van der Waals surface area contributed by atoms with Crippen molar-refractivity contribution in [2.75, 3.05) is 19.5 Å². The number of carbonyl (C=O) groups excluding carboxylic acids is 1. The van der Waals surface area contributed by atoms with Crippen molar-refractivity contribution in [3.05, 3.63) is 28.2 Å². The van der Waals surface area contributed by atoms with Gasteiger partial charge in [-0.05, 0) is 18.9 Å². The highest BCUT2D eigenvalue weighted by molar-refractivity contribution is 6.17. The van der Waals surface area contributed by atoms with E-state index in [4.69, 9.17) is 11.6 Å². The first-order chi connectivity index (χ1) is 8.15. The topological polar surface area (TPSA) is 66.1 Å². The molecule has 1 heterocycles. The Morgan fingerprint density at radius 1 is 1.41 bits per heavy atom. The van der Waals surface area contributed by atoms with Gasteiger partial charge in [0.25, 0.3) is 11.5 Å². The molecule has 0 aliphatic carbocycles. The molecule has 94 valence electrons. The number of rotatable bonds is 6. The first-order valence-corrected chi connectivity index (χ1v) is 6.05. The number of amides is 1. The summed E-state index contributed by atoms with van der Waals surface area (Å²) in [6.45, 7) is 0.663. The van der Waals surface area contributed by atoms with Gasteiger partial charge in [-0.1, -0.05) is 6.42 Å². The van der Waals surface area contributed by atoms with Crippen LogP contribution in [0.2, 0.25) is 0 Å². The monoisotopic (exact) mass is 257 g/mol. The minimum atomic E-state index is -0.314. The molecule has 0 saturated heterocycles. The van der Waals surface area contributed by atoms with Crippen LogP contribution in [0, 0.1) is 0 Å². The minimum Gasteiger partial charge on any atom is -0.340 e. The van der Waals surface area contributed by atoms with Crippen LogP contribution in [0.5, 0.6) is 0 Å². The lowest BCUT2D eigenvalue weighted by Crippen LogP contribution is -2.29. The van der Waals surface area contributed by atoms with E-state index in [0.29, 0.717) is 12.4 Å². The van der Waals surface area contributed by atoms with E-state index in [1.54, 1.807) is 11.9 Å². The summed E-state index contributed by atoms with van der Waals surface area (Å²) >= 11 is 5.57. The standard InChI is InChI=1S/C11H16ClN3O2/c1-15(8-4-2-3-7-12)11(17)9-5-6-10(16)14-13-9/h5-6H,2-4,7-8H2,1H3,(H,14,16). The third-order valence-electron chi connectivity index (χ3n) is 2.37. The molecule has 1 aromatic rings. The lowest BCUT2D eigenvalue weighted by molar-refractivity contribution is 0.0785. The average Bonchev–Trinajstić information content (AvgIpc) is 2.34. The number of nitrogens with zero attached hydrogens (tertiary/aromatic N) is 2. The first kappa shape index (κ1) is 13.7. The largest absolute Gasteiger partial charge is 0.340 e. The molecule has 0 spiro atoms. The fourth-order valence-electron chi connectivity index (χ4n) is 1.38. The van der Waals surface area contributed by atoms with Crippen molar-refractivity contribution in [1.29, 1.82) is 0 Å². The van der Waals surface area contributed by atoms with Gasteiger partial charge < -0.3 is 4.90 Å². The molecule has 17 heavy (non-hydrogen) atoms. The fourth-order valence-corrected chi connectivity index (χ4v) is 1.57. The molecule has 1 N–H and O–H groups in total. The second-order valence-electron chi connectivity index (χ2n) is 3.78. The average molecular weight is 258 g/mol. The lowest BCUT2D eigenvalue weighted by atomic mass is 10.2. The van der Waals surface area contributed by atoms with Gasteiger partial charge in [-0.25, -0.2) is 5.10 Å². The molecule has 0 fully saturated rings. The molecule has 1 amide bonds. The zero-order valence-electron chi connectivity index (χ0n) is 9.78. The number of unbranched alkanes of at least 4 members (excludes halogenated alkanes) is 2. The van der Waals surface area contributed by atoms with E-state index in [9.17, 15) is 9.59 Å². The van der Waals surface area contributed by atoms with Crippen LogP contribution in [0.4, 0.5) is 0 Å². The summed E-state index contributed by atoms with van der Waals surface area (Å²) in [6, 6.07) is 2.72. The summed E-state index contributed by atoms with van der Waals surface area (Å²) in [5.41, 5.74) is -0.0595. The van der Waals surface area contributed by atoms with Crippen molar-refractivity contribution in [3.63, 3.8) is 0 Å². The summed E-state index contributed by atoms with van der Waals surface area (Å²) in [6.07, 6.45) is 2.87. The van der Waals surface area contributed by atoms with Gasteiger partial charge in [0.05, 0.1) is 0 Å².